The first-order valence-electron chi connectivity index (χ1n) is 15.1. The second-order valence-corrected chi connectivity index (χ2v) is 13.5. The fourth-order valence-electron chi connectivity index (χ4n) is 5.80. The summed E-state index contributed by atoms with van der Waals surface area (Å²) in [5, 5.41) is 0. The zero-order valence-corrected chi connectivity index (χ0v) is 27.6. The van der Waals surface area contributed by atoms with Crippen molar-refractivity contribution >= 4 is 11.6 Å². The van der Waals surface area contributed by atoms with Crippen LogP contribution >= 0.6 is 0 Å². The van der Waals surface area contributed by atoms with Crippen molar-refractivity contribution in [2.24, 2.45) is 22.7 Å². The first kappa shape index (κ1) is 34.7. The van der Waals surface area contributed by atoms with E-state index in [1.54, 1.807) is 12.2 Å². The summed E-state index contributed by atoms with van der Waals surface area (Å²) >= 11 is 0. The molecule has 2 aliphatic rings. The van der Waals surface area contributed by atoms with Gasteiger partial charge in [-0.3, -0.25) is 9.59 Å². The van der Waals surface area contributed by atoms with Crippen LogP contribution in [0.1, 0.15) is 82.1 Å². The van der Waals surface area contributed by atoms with E-state index in [-0.39, 0.29) is 34.2 Å². The van der Waals surface area contributed by atoms with Gasteiger partial charge in [-0.15, -0.1) is 0 Å². The van der Waals surface area contributed by atoms with E-state index in [4.69, 9.17) is 0 Å². The molecule has 224 valence electrons. The topological polar surface area (TPSA) is 34.1 Å². The molecule has 0 aromatic heterocycles. The second kappa shape index (κ2) is 15.6. The third kappa shape index (κ3) is 11.4. The maximum atomic E-state index is 11.9. The van der Waals surface area contributed by atoms with Crippen LogP contribution in [0.15, 0.2) is 131 Å². The number of carbonyl (C=O) groups is 2. The summed E-state index contributed by atoms with van der Waals surface area (Å²) < 4.78 is 0. The molecule has 0 amide bonds. The van der Waals surface area contributed by atoms with Crippen molar-refractivity contribution in [1.82, 2.24) is 0 Å². The summed E-state index contributed by atoms with van der Waals surface area (Å²) in [7, 11) is 0. The summed E-state index contributed by atoms with van der Waals surface area (Å²) in [6.45, 7) is 21.2. The Morgan fingerprint density at radius 1 is 0.571 bits per heavy atom. The zero-order chi connectivity index (χ0) is 31.5. The minimum atomic E-state index is -0.0444. The monoisotopic (exact) mass is 564 g/mol. The van der Waals surface area contributed by atoms with E-state index in [0.717, 1.165) is 11.1 Å². The molecule has 0 unspecified atom stereocenters. The van der Waals surface area contributed by atoms with Crippen molar-refractivity contribution in [2.45, 2.75) is 82.1 Å². The van der Waals surface area contributed by atoms with Gasteiger partial charge in [0.2, 0.25) is 0 Å². The highest BCUT2D eigenvalue weighted by Gasteiger charge is 2.35. The lowest BCUT2D eigenvalue weighted by molar-refractivity contribution is -0.118. The Balaban J connectivity index is 1.89. The highest BCUT2D eigenvalue weighted by Crippen LogP contribution is 2.41. The lowest BCUT2D eigenvalue weighted by Crippen LogP contribution is -2.30. The Hall–Kier alpha value is -3.52. The third-order valence-electron chi connectivity index (χ3n) is 8.07. The van der Waals surface area contributed by atoms with Crippen LogP contribution in [0.3, 0.4) is 0 Å². The summed E-state index contributed by atoms with van der Waals surface area (Å²) in [6, 6.07) is 0. The van der Waals surface area contributed by atoms with Crippen LogP contribution in [0.25, 0.3) is 0 Å². The highest BCUT2D eigenvalue weighted by molar-refractivity contribution is 5.92. The Morgan fingerprint density at radius 3 is 1.21 bits per heavy atom. The van der Waals surface area contributed by atoms with Gasteiger partial charge in [0.15, 0.2) is 11.6 Å². The van der Waals surface area contributed by atoms with Crippen LogP contribution in [0.4, 0.5) is 0 Å². The van der Waals surface area contributed by atoms with Crippen molar-refractivity contribution in [2.75, 3.05) is 0 Å². The number of hydrogen-bond donors (Lipinski definition) is 0. The maximum Gasteiger partial charge on any atom is 0.156 e. The number of rotatable bonds is 10. The molecule has 0 aliphatic heterocycles. The number of ketones is 2. The largest absolute Gasteiger partial charge is 0.295 e. The predicted octanol–water partition coefficient (Wildman–Crippen LogP) is 10.7. The smallest absolute Gasteiger partial charge is 0.156 e. The van der Waals surface area contributed by atoms with Gasteiger partial charge in [-0.05, 0) is 64.5 Å². The Labute approximate surface area is 256 Å². The molecule has 2 atom stereocenters. The molecular weight excluding hydrogens is 512 g/mol. The van der Waals surface area contributed by atoms with Gasteiger partial charge in [-0.1, -0.05) is 146 Å². The van der Waals surface area contributed by atoms with E-state index in [0.29, 0.717) is 12.8 Å². The van der Waals surface area contributed by atoms with Crippen molar-refractivity contribution in [3.63, 3.8) is 0 Å². The van der Waals surface area contributed by atoms with Crippen molar-refractivity contribution in [3.05, 3.63) is 131 Å². The summed E-state index contributed by atoms with van der Waals surface area (Å²) in [5.74, 6) is 1.03. The molecule has 2 nitrogen and oxygen atoms in total. The van der Waals surface area contributed by atoms with Gasteiger partial charge in [-0.2, -0.15) is 0 Å². The SMILES string of the molecule is CC1=CC(=O)CC(C)(C)[C@H]1/C=C/C(C)=C/C=C/C(C)=C/C=C/C=C(C)/C=C/C=C(C)/C=C/[C@H]1C(C)=CC(=O)CC1(C)C. The molecule has 0 saturated heterocycles. The number of allylic oxidation sites excluding steroid dienone is 22. The van der Waals surface area contributed by atoms with Crippen LogP contribution < -0.4 is 0 Å². The van der Waals surface area contributed by atoms with Gasteiger partial charge in [-0.25, -0.2) is 0 Å². The van der Waals surface area contributed by atoms with E-state index in [2.05, 4.69) is 154 Å². The molecule has 0 N–H and O–H groups in total. The van der Waals surface area contributed by atoms with Crippen LogP contribution in [0, 0.1) is 22.7 Å². The molecule has 2 rings (SSSR count). The molecule has 2 aliphatic carbocycles. The molecule has 0 fully saturated rings. The highest BCUT2D eigenvalue weighted by atomic mass is 16.1. The summed E-state index contributed by atoms with van der Waals surface area (Å²) in [4.78, 5) is 23.8. The number of hydrogen-bond acceptors (Lipinski definition) is 2. The van der Waals surface area contributed by atoms with Crippen molar-refractivity contribution in [3.8, 4) is 0 Å². The molecule has 42 heavy (non-hydrogen) atoms. The van der Waals surface area contributed by atoms with Crippen LogP contribution in [-0.4, -0.2) is 11.6 Å². The maximum absolute atomic E-state index is 11.9. The summed E-state index contributed by atoms with van der Waals surface area (Å²) in [5.41, 5.74) is 6.91. The van der Waals surface area contributed by atoms with Gasteiger partial charge in [0.1, 0.15) is 0 Å². The molecule has 0 aromatic carbocycles. The van der Waals surface area contributed by atoms with Gasteiger partial charge in [0.05, 0.1) is 0 Å². The quantitative estimate of drug-likeness (QED) is 0.247. The fourth-order valence-corrected chi connectivity index (χ4v) is 5.80. The average Bonchev–Trinajstić information content (AvgIpc) is 2.84. The lowest BCUT2D eigenvalue weighted by atomic mass is 9.68. The predicted molar refractivity (Wildman–Crippen MR) is 182 cm³/mol. The van der Waals surface area contributed by atoms with E-state index in [1.165, 1.54) is 22.3 Å². The average molecular weight is 565 g/mol. The van der Waals surface area contributed by atoms with Gasteiger partial charge in [0.25, 0.3) is 0 Å². The Kier molecular flexibility index (Phi) is 12.9. The second-order valence-electron chi connectivity index (χ2n) is 13.5. The van der Waals surface area contributed by atoms with E-state index in [1.807, 2.05) is 0 Å². The molecule has 0 saturated carbocycles. The van der Waals surface area contributed by atoms with Crippen molar-refractivity contribution < 1.29 is 9.59 Å². The van der Waals surface area contributed by atoms with Crippen LogP contribution in [0.2, 0.25) is 0 Å². The molecule has 0 aromatic rings. The van der Waals surface area contributed by atoms with Crippen molar-refractivity contribution in [1.29, 1.82) is 0 Å². The van der Waals surface area contributed by atoms with Gasteiger partial charge >= 0.3 is 0 Å². The molecular formula is C40H52O2. The first-order chi connectivity index (χ1) is 19.6. The number of carbonyl (C=O) groups excluding carboxylic acids is 2. The van der Waals surface area contributed by atoms with Crippen LogP contribution in [-0.2, 0) is 9.59 Å². The first-order valence-corrected chi connectivity index (χ1v) is 15.1. The fraction of sp³-hybridized carbons (Fsp3) is 0.400. The van der Waals surface area contributed by atoms with E-state index < -0.39 is 0 Å². The normalized spacial score (nSPS) is 24.6. The summed E-state index contributed by atoms with van der Waals surface area (Å²) in [6.07, 6.45) is 34.5. The molecule has 0 spiro atoms. The minimum Gasteiger partial charge on any atom is -0.295 e. The van der Waals surface area contributed by atoms with Crippen LogP contribution in [0.5, 0.6) is 0 Å². The Bertz CT molecular complexity index is 1250. The molecule has 0 radical (unpaired) electrons. The minimum absolute atomic E-state index is 0.0444. The molecule has 0 heterocycles. The third-order valence-corrected chi connectivity index (χ3v) is 8.07. The standard InChI is InChI=1S/C40H52O2/c1-29(17-13-19-31(3)21-23-37-33(5)25-35(41)27-39(37,7)8)15-11-12-16-30(2)18-14-20-32(4)22-24-38-34(6)26-36(42)28-40(38,9)10/h11-26,37-38H,27-28H2,1-10H3/b12-11+,17-13+,18-14+,23-21+,24-22+,29-15+,30-16+,31-19+,32-20+/t37-,38-/m0/s1. The lowest BCUT2D eigenvalue weighted by Gasteiger charge is -2.35. The van der Waals surface area contributed by atoms with Gasteiger partial charge in [0, 0.05) is 24.7 Å². The van der Waals surface area contributed by atoms with E-state index in [9.17, 15) is 9.59 Å². The molecule has 0 bridgehead atoms. The molecule has 2 heteroatoms. The zero-order valence-electron chi connectivity index (χ0n) is 27.6. The Morgan fingerprint density at radius 2 is 0.881 bits per heavy atom. The van der Waals surface area contributed by atoms with Gasteiger partial charge < -0.3 is 0 Å². The van der Waals surface area contributed by atoms with E-state index >= 15 is 0 Å².